The van der Waals surface area contributed by atoms with Gasteiger partial charge in [0.1, 0.15) is 22.8 Å². The number of amides is 2. The van der Waals surface area contributed by atoms with E-state index < -0.39 is 17.5 Å². The van der Waals surface area contributed by atoms with Crippen LogP contribution in [-0.2, 0) is 16.6 Å². The third-order valence-electron chi connectivity index (χ3n) is 5.53. The monoisotopic (exact) mass is 516 g/mol. The first-order chi connectivity index (χ1) is 17.2. The lowest BCUT2D eigenvalue weighted by Gasteiger charge is -2.22. The number of fused-ring (bicyclic) bond motifs is 2. The van der Waals surface area contributed by atoms with Gasteiger partial charge in [-0.1, -0.05) is 11.8 Å². The van der Waals surface area contributed by atoms with Crippen molar-refractivity contribution in [2.45, 2.75) is 17.6 Å². The Morgan fingerprint density at radius 2 is 2.11 bits per heavy atom. The molecule has 2 aliphatic rings. The number of aromatic nitrogens is 5. The zero-order valence-electron chi connectivity index (χ0n) is 19.3. The molecular formula is C21H21FN8O5S. The van der Waals surface area contributed by atoms with Crippen molar-refractivity contribution in [3.05, 3.63) is 34.6 Å². The van der Waals surface area contributed by atoms with Crippen LogP contribution >= 0.6 is 11.8 Å². The third-order valence-corrected chi connectivity index (χ3v) is 6.51. The Balaban J connectivity index is 1.16. The predicted octanol–water partition coefficient (Wildman–Crippen LogP) is 0.686. The van der Waals surface area contributed by atoms with E-state index in [1.165, 1.54) is 34.5 Å². The number of thioether (sulfide) groups is 1. The fraction of sp³-hybridized carbons (Fsp3) is 0.381. The number of pyridine rings is 1. The van der Waals surface area contributed by atoms with Crippen molar-refractivity contribution in [3.63, 3.8) is 0 Å². The molecule has 0 aliphatic carbocycles. The summed E-state index contributed by atoms with van der Waals surface area (Å²) >= 11 is 1.28. The number of nitrogens with one attached hydrogen (secondary N) is 2. The highest BCUT2D eigenvalue weighted by Gasteiger charge is 2.42. The number of aryl methyl sites for hydroxylation is 1. The molecular weight excluding hydrogens is 495 g/mol. The molecule has 15 heteroatoms. The van der Waals surface area contributed by atoms with Gasteiger partial charge in [-0.2, -0.15) is 4.98 Å². The van der Waals surface area contributed by atoms with Gasteiger partial charge in [0, 0.05) is 26.2 Å². The second kappa shape index (κ2) is 9.31. The van der Waals surface area contributed by atoms with Crippen LogP contribution in [0.2, 0.25) is 0 Å². The third kappa shape index (κ3) is 4.66. The molecule has 3 aromatic heterocycles. The van der Waals surface area contributed by atoms with Gasteiger partial charge < -0.3 is 20.1 Å². The molecule has 1 saturated heterocycles. The Hall–Kier alpha value is -3.85. The smallest absolute Gasteiger partial charge is 0.416 e. The van der Waals surface area contributed by atoms with E-state index in [9.17, 15) is 18.8 Å². The van der Waals surface area contributed by atoms with Crippen LogP contribution in [0.15, 0.2) is 28.3 Å². The maximum atomic E-state index is 14.3. The molecule has 188 valence electrons. The lowest BCUT2D eigenvalue weighted by Crippen LogP contribution is -2.42. The van der Waals surface area contributed by atoms with E-state index in [4.69, 9.17) is 9.47 Å². The highest BCUT2D eigenvalue weighted by atomic mass is 32.2. The topological polar surface area (TPSA) is 153 Å². The first-order valence-corrected chi connectivity index (χ1v) is 11.9. The van der Waals surface area contributed by atoms with Crippen LogP contribution in [0, 0.1) is 5.82 Å². The van der Waals surface area contributed by atoms with Crippen molar-refractivity contribution < 1.29 is 23.5 Å². The van der Waals surface area contributed by atoms with Gasteiger partial charge in [0.25, 0.3) is 11.4 Å². The van der Waals surface area contributed by atoms with E-state index in [1.807, 2.05) is 0 Å². The van der Waals surface area contributed by atoms with Crippen LogP contribution in [0.3, 0.4) is 0 Å². The number of hydrogen-bond acceptors (Lipinski definition) is 11. The highest BCUT2D eigenvalue weighted by Crippen LogP contribution is 2.32. The van der Waals surface area contributed by atoms with Gasteiger partial charge in [-0.3, -0.25) is 19.1 Å². The molecule has 5 heterocycles. The molecule has 3 aromatic rings. The zero-order valence-corrected chi connectivity index (χ0v) is 20.1. The van der Waals surface area contributed by atoms with E-state index in [1.54, 1.807) is 6.92 Å². The molecule has 1 fully saturated rings. The number of rotatable bonds is 7. The van der Waals surface area contributed by atoms with Crippen LogP contribution in [0.25, 0.3) is 11.2 Å². The molecule has 5 rings (SSSR count). The minimum absolute atomic E-state index is 0.0744. The standard InChI is InChI=1S/C21H21FN8O5S/c1-21(10-30(20(33)35-21)13-6-25-19-16(26-13)27-14(31)8-36-19)9-23-3-4-34-18-11(22)5-12-17(28-18)29(2)15(32)7-24-12/h5-7,23H,3-4,8-10H2,1-2H3,(H,26,27,31)/t21-/m1/s1. The van der Waals surface area contributed by atoms with Gasteiger partial charge in [0.15, 0.2) is 23.1 Å². The summed E-state index contributed by atoms with van der Waals surface area (Å²) in [6.07, 6.45) is 1.98. The van der Waals surface area contributed by atoms with Crippen molar-refractivity contribution in [1.82, 2.24) is 29.8 Å². The summed E-state index contributed by atoms with van der Waals surface area (Å²) in [5.74, 6) is -0.263. The van der Waals surface area contributed by atoms with Crippen LogP contribution < -0.4 is 25.8 Å². The molecule has 0 unspecified atom stereocenters. The van der Waals surface area contributed by atoms with Crippen molar-refractivity contribution in [3.8, 4) is 5.88 Å². The Bertz CT molecular complexity index is 1440. The summed E-state index contributed by atoms with van der Waals surface area (Å²) in [5.41, 5.74) is -0.790. The maximum absolute atomic E-state index is 14.3. The first-order valence-electron chi connectivity index (χ1n) is 10.9. The summed E-state index contributed by atoms with van der Waals surface area (Å²) in [6.45, 7) is 2.64. The molecule has 2 aliphatic heterocycles. The molecule has 1 atom stereocenters. The molecule has 0 aromatic carbocycles. The Kier molecular flexibility index (Phi) is 6.17. The molecule has 13 nitrogen and oxygen atoms in total. The molecule has 0 radical (unpaired) electrons. The number of ether oxygens (including phenoxy) is 2. The lowest BCUT2D eigenvalue weighted by molar-refractivity contribution is -0.113. The second-order valence-electron chi connectivity index (χ2n) is 8.42. The second-order valence-corrected chi connectivity index (χ2v) is 9.39. The van der Waals surface area contributed by atoms with E-state index in [-0.39, 0.29) is 59.8 Å². The highest BCUT2D eigenvalue weighted by molar-refractivity contribution is 8.00. The predicted molar refractivity (Wildman–Crippen MR) is 127 cm³/mol. The fourth-order valence-electron chi connectivity index (χ4n) is 3.74. The van der Waals surface area contributed by atoms with Crippen molar-refractivity contribution in [2.24, 2.45) is 7.05 Å². The maximum Gasteiger partial charge on any atom is 0.416 e. The molecule has 0 bridgehead atoms. The average molecular weight is 517 g/mol. The van der Waals surface area contributed by atoms with Crippen molar-refractivity contribution in [1.29, 1.82) is 0 Å². The van der Waals surface area contributed by atoms with Crippen LogP contribution in [0.5, 0.6) is 5.88 Å². The number of anilines is 2. The largest absolute Gasteiger partial charge is 0.474 e. The minimum atomic E-state index is -0.872. The van der Waals surface area contributed by atoms with Crippen LogP contribution in [0.4, 0.5) is 20.8 Å². The van der Waals surface area contributed by atoms with Crippen molar-refractivity contribution in [2.75, 3.05) is 42.2 Å². The quantitative estimate of drug-likeness (QED) is 0.426. The van der Waals surface area contributed by atoms with E-state index in [2.05, 4.69) is 30.6 Å². The summed E-state index contributed by atoms with van der Waals surface area (Å²) in [5, 5.41) is 6.36. The van der Waals surface area contributed by atoms with Gasteiger partial charge >= 0.3 is 6.09 Å². The van der Waals surface area contributed by atoms with Gasteiger partial charge in [-0.25, -0.2) is 24.1 Å². The van der Waals surface area contributed by atoms with E-state index in [0.29, 0.717) is 17.4 Å². The van der Waals surface area contributed by atoms with Gasteiger partial charge in [-0.15, -0.1) is 0 Å². The number of carbonyl (C=O) groups excluding carboxylic acids is 2. The summed E-state index contributed by atoms with van der Waals surface area (Å²) in [4.78, 5) is 53.8. The summed E-state index contributed by atoms with van der Waals surface area (Å²) < 4.78 is 26.6. The Labute approximate surface area is 207 Å². The SMILES string of the molecule is Cn1c(=O)cnc2cc(F)c(OCCNC[C@]3(C)CN(c4cnc5c(n4)NC(=O)CS5)C(=O)O3)nc21. The Morgan fingerprint density at radius 1 is 1.28 bits per heavy atom. The van der Waals surface area contributed by atoms with Gasteiger partial charge in [0.2, 0.25) is 5.91 Å². The number of carbonyl (C=O) groups is 2. The van der Waals surface area contributed by atoms with Crippen molar-refractivity contribution >= 4 is 46.6 Å². The van der Waals surface area contributed by atoms with Crippen LogP contribution in [0.1, 0.15) is 6.92 Å². The summed E-state index contributed by atoms with van der Waals surface area (Å²) in [6, 6.07) is 1.16. The average Bonchev–Trinajstić information content (AvgIpc) is 3.15. The minimum Gasteiger partial charge on any atom is -0.474 e. The molecule has 2 N–H and O–H groups in total. The zero-order chi connectivity index (χ0) is 25.4. The molecule has 2 amide bonds. The van der Waals surface area contributed by atoms with Gasteiger partial charge in [0.05, 0.1) is 24.7 Å². The normalized spacial score (nSPS) is 19.2. The van der Waals surface area contributed by atoms with Gasteiger partial charge in [-0.05, 0) is 6.92 Å². The first kappa shape index (κ1) is 23.9. The number of halogens is 1. The van der Waals surface area contributed by atoms with E-state index in [0.717, 1.165) is 12.3 Å². The fourth-order valence-corrected chi connectivity index (χ4v) is 4.44. The summed E-state index contributed by atoms with van der Waals surface area (Å²) in [7, 11) is 1.51. The Morgan fingerprint density at radius 3 is 2.94 bits per heavy atom. The van der Waals surface area contributed by atoms with E-state index >= 15 is 0 Å². The molecule has 0 spiro atoms. The number of cyclic esters (lactones) is 1. The number of hydrogen-bond donors (Lipinski definition) is 2. The molecule has 0 saturated carbocycles. The van der Waals surface area contributed by atoms with Crippen LogP contribution in [-0.4, -0.2) is 74.1 Å². The number of nitrogens with zero attached hydrogens (tertiary/aromatic N) is 6. The molecule has 36 heavy (non-hydrogen) atoms. The lowest BCUT2D eigenvalue weighted by atomic mass is 10.1.